The topological polar surface area (TPSA) is 164 Å². The molecular formula is C18H23N9O5. The first-order valence-electron chi connectivity index (χ1n) is 9.66. The number of nitrogens with one attached hydrogen (secondary N) is 2. The molecule has 0 bridgehead atoms. The van der Waals surface area contributed by atoms with Gasteiger partial charge in [-0.3, -0.25) is 33.7 Å². The normalized spacial score (nSPS) is 10.8. The first kappa shape index (κ1) is 22.5. The molecule has 0 saturated carbocycles. The molecule has 3 rings (SSSR count). The number of hydrogen-bond donors (Lipinski definition) is 2. The second-order valence-corrected chi connectivity index (χ2v) is 6.79. The average Bonchev–Trinajstić information content (AvgIpc) is 3.45. The Kier molecular flexibility index (Phi) is 6.51. The molecule has 0 fully saturated rings. The molecule has 0 radical (unpaired) electrons. The van der Waals surface area contributed by atoms with Gasteiger partial charge in [-0.25, -0.2) is 0 Å². The van der Waals surface area contributed by atoms with Crippen molar-refractivity contribution in [2.24, 2.45) is 7.05 Å². The highest BCUT2D eigenvalue weighted by Gasteiger charge is 2.22. The van der Waals surface area contributed by atoms with Crippen molar-refractivity contribution in [2.45, 2.75) is 33.4 Å². The van der Waals surface area contributed by atoms with Crippen LogP contribution in [0, 0.1) is 17.0 Å². The van der Waals surface area contributed by atoms with Crippen molar-refractivity contribution in [2.75, 3.05) is 17.7 Å². The molecule has 0 aromatic carbocycles. The standard InChI is InChI=1S/C18H23N9O5/c1-5-26-16(17(29)22-12-8-19-24(3)11(12)2)13(9-20-26)21-15(28)6-7-25-10-14(27(30)31)18(23-25)32-4/h8-10H,5-7H2,1-4H3,(H,21,28)(H,22,29). The molecule has 3 aromatic heterocycles. The van der Waals surface area contributed by atoms with E-state index in [2.05, 4.69) is 25.9 Å². The van der Waals surface area contributed by atoms with Crippen LogP contribution in [0.15, 0.2) is 18.6 Å². The average molecular weight is 445 g/mol. The number of aryl methyl sites for hydroxylation is 3. The molecule has 0 spiro atoms. The van der Waals surface area contributed by atoms with Gasteiger partial charge in [0, 0.05) is 20.0 Å². The number of anilines is 2. The van der Waals surface area contributed by atoms with Gasteiger partial charge in [0.15, 0.2) is 0 Å². The lowest BCUT2D eigenvalue weighted by Gasteiger charge is -2.10. The number of nitrogens with zero attached hydrogens (tertiary/aromatic N) is 7. The van der Waals surface area contributed by atoms with Gasteiger partial charge in [0.25, 0.3) is 5.91 Å². The largest absolute Gasteiger partial charge is 0.475 e. The Hall–Kier alpha value is -4.23. The van der Waals surface area contributed by atoms with Crippen molar-refractivity contribution < 1.29 is 19.2 Å². The molecule has 3 aromatic rings. The molecule has 0 aliphatic rings. The van der Waals surface area contributed by atoms with Crippen LogP contribution >= 0.6 is 0 Å². The van der Waals surface area contributed by atoms with Crippen LogP contribution in [0.2, 0.25) is 0 Å². The third kappa shape index (κ3) is 4.58. The number of nitro groups is 1. The molecule has 2 N–H and O–H groups in total. The third-order valence-electron chi connectivity index (χ3n) is 4.78. The minimum atomic E-state index is -0.615. The van der Waals surface area contributed by atoms with E-state index in [1.54, 1.807) is 11.7 Å². The number of ether oxygens (including phenoxy) is 1. The minimum Gasteiger partial charge on any atom is -0.475 e. The highest BCUT2D eigenvalue weighted by molar-refractivity contribution is 6.09. The fourth-order valence-corrected chi connectivity index (χ4v) is 2.97. The quantitative estimate of drug-likeness (QED) is 0.368. The van der Waals surface area contributed by atoms with Crippen LogP contribution in [0.1, 0.15) is 29.5 Å². The first-order chi connectivity index (χ1) is 15.2. The van der Waals surface area contributed by atoms with E-state index >= 15 is 0 Å². The Balaban J connectivity index is 1.70. The maximum atomic E-state index is 12.9. The molecule has 0 atom stereocenters. The van der Waals surface area contributed by atoms with Gasteiger partial charge in [-0.1, -0.05) is 0 Å². The summed E-state index contributed by atoms with van der Waals surface area (Å²) in [6.07, 6.45) is 4.09. The highest BCUT2D eigenvalue weighted by atomic mass is 16.6. The van der Waals surface area contributed by atoms with E-state index in [-0.39, 0.29) is 35.9 Å². The third-order valence-corrected chi connectivity index (χ3v) is 4.78. The van der Waals surface area contributed by atoms with Crippen LogP contribution in [0.25, 0.3) is 0 Å². The Bertz CT molecular complexity index is 1160. The lowest BCUT2D eigenvalue weighted by Crippen LogP contribution is -2.21. The Morgan fingerprint density at radius 3 is 2.50 bits per heavy atom. The number of carbonyl (C=O) groups excluding carboxylic acids is 2. The molecule has 0 unspecified atom stereocenters. The van der Waals surface area contributed by atoms with Gasteiger partial charge in [-0.15, -0.1) is 5.10 Å². The molecule has 14 nitrogen and oxygen atoms in total. The van der Waals surface area contributed by atoms with Crippen LogP contribution in [0.3, 0.4) is 0 Å². The first-order valence-corrected chi connectivity index (χ1v) is 9.66. The van der Waals surface area contributed by atoms with Gasteiger partial charge in [0.2, 0.25) is 5.91 Å². The second kappa shape index (κ2) is 9.28. The number of aromatic nitrogens is 6. The fraction of sp³-hybridized carbons (Fsp3) is 0.389. The predicted octanol–water partition coefficient (Wildman–Crippen LogP) is 1.34. The zero-order valence-electron chi connectivity index (χ0n) is 18.0. The predicted molar refractivity (Wildman–Crippen MR) is 112 cm³/mol. The highest BCUT2D eigenvalue weighted by Crippen LogP contribution is 2.24. The number of rotatable bonds is 9. The van der Waals surface area contributed by atoms with Gasteiger partial charge in [-0.2, -0.15) is 10.2 Å². The van der Waals surface area contributed by atoms with E-state index in [0.29, 0.717) is 12.2 Å². The Morgan fingerprint density at radius 2 is 1.94 bits per heavy atom. The van der Waals surface area contributed by atoms with E-state index < -0.39 is 16.7 Å². The zero-order chi connectivity index (χ0) is 23.4. The SMILES string of the molecule is CCn1ncc(NC(=O)CCn2cc([N+](=O)[O-])c(OC)n2)c1C(=O)Nc1cnn(C)c1C. The number of carbonyl (C=O) groups is 2. The fourth-order valence-electron chi connectivity index (χ4n) is 2.97. The van der Waals surface area contributed by atoms with E-state index in [1.165, 1.54) is 35.1 Å². The van der Waals surface area contributed by atoms with Crippen molar-refractivity contribution in [3.05, 3.63) is 40.1 Å². The van der Waals surface area contributed by atoms with Gasteiger partial charge in [-0.05, 0) is 13.8 Å². The second-order valence-electron chi connectivity index (χ2n) is 6.79. The zero-order valence-corrected chi connectivity index (χ0v) is 18.0. The Morgan fingerprint density at radius 1 is 1.22 bits per heavy atom. The van der Waals surface area contributed by atoms with Crippen LogP contribution in [0.5, 0.6) is 5.88 Å². The van der Waals surface area contributed by atoms with E-state index in [9.17, 15) is 19.7 Å². The smallest absolute Gasteiger partial charge is 0.350 e. The molecule has 2 amide bonds. The monoisotopic (exact) mass is 445 g/mol. The molecule has 14 heteroatoms. The number of hydrogen-bond acceptors (Lipinski definition) is 8. The molecule has 0 aliphatic heterocycles. The lowest BCUT2D eigenvalue weighted by molar-refractivity contribution is -0.385. The van der Waals surface area contributed by atoms with Crippen molar-refractivity contribution in [1.29, 1.82) is 0 Å². The van der Waals surface area contributed by atoms with E-state index in [1.807, 2.05) is 13.8 Å². The van der Waals surface area contributed by atoms with Crippen LogP contribution < -0.4 is 15.4 Å². The maximum absolute atomic E-state index is 12.9. The molecule has 170 valence electrons. The Labute approximate surface area is 182 Å². The minimum absolute atomic E-state index is 0.0396. The van der Waals surface area contributed by atoms with Gasteiger partial charge in [0.05, 0.1) is 48.0 Å². The van der Waals surface area contributed by atoms with Gasteiger partial charge in [0.1, 0.15) is 11.9 Å². The van der Waals surface area contributed by atoms with Crippen LogP contribution in [-0.2, 0) is 24.9 Å². The van der Waals surface area contributed by atoms with Crippen molar-refractivity contribution in [3.63, 3.8) is 0 Å². The summed E-state index contributed by atoms with van der Waals surface area (Å²) in [6.45, 7) is 4.13. The van der Waals surface area contributed by atoms with Crippen LogP contribution in [0.4, 0.5) is 17.1 Å². The van der Waals surface area contributed by atoms with E-state index in [4.69, 9.17) is 4.74 Å². The molecular weight excluding hydrogens is 422 g/mol. The molecule has 3 heterocycles. The summed E-state index contributed by atoms with van der Waals surface area (Å²) in [5.74, 6) is -0.989. The van der Waals surface area contributed by atoms with Gasteiger partial charge < -0.3 is 15.4 Å². The summed E-state index contributed by atoms with van der Waals surface area (Å²) in [7, 11) is 3.04. The summed E-state index contributed by atoms with van der Waals surface area (Å²) in [5.41, 5.74) is 1.48. The van der Waals surface area contributed by atoms with Crippen LogP contribution in [-0.4, -0.2) is 53.2 Å². The maximum Gasteiger partial charge on any atom is 0.350 e. The number of amides is 2. The summed E-state index contributed by atoms with van der Waals surface area (Å²) < 4.78 is 9.22. The van der Waals surface area contributed by atoms with E-state index in [0.717, 1.165) is 5.69 Å². The molecule has 32 heavy (non-hydrogen) atoms. The summed E-state index contributed by atoms with van der Waals surface area (Å²) >= 11 is 0. The summed E-state index contributed by atoms with van der Waals surface area (Å²) in [4.78, 5) is 35.7. The lowest BCUT2D eigenvalue weighted by atomic mass is 10.3. The van der Waals surface area contributed by atoms with Crippen molar-refractivity contribution >= 4 is 28.9 Å². The summed E-state index contributed by atoms with van der Waals surface area (Å²) in [6, 6.07) is 0. The van der Waals surface area contributed by atoms with Gasteiger partial charge >= 0.3 is 11.6 Å². The molecule has 0 saturated heterocycles. The molecule has 0 aliphatic carbocycles. The van der Waals surface area contributed by atoms with Crippen molar-refractivity contribution in [3.8, 4) is 5.88 Å². The van der Waals surface area contributed by atoms with Crippen molar-refractivity contribution in [1.82, 2.24) is 29.3 Å². The number of methoxy groups -OCH3 is 1. The summed E-state index contributed by atoms with van der Waals surface area (Å²) in [5, 5.41) is 28.6.